The normalized spacial score (nSPS) is 10.9. The Kier molecular flexibility index (Phi) is 5.86. The van der Waals surface area contributed by atoms with Crippen molar-refractivity contribution in [3.05, 3.63) is 95.0 Å². The lowest BCUT2D eigenvalue weighted by molar-refractivity contribution is 0.471. The molecule has 3 heterocycles. The standard InChI is InChI=1S/C25H20ClN3O.ClH/c1-16-17(2)29(15-19-6-3-4-8-22(19)26)24-20(16)11-13-28-25(24)30-23-9-5-7-18-14-27-12-10-21(18)23;/h3-14H,15H2,1-2H3;1H. The van der Waals surface area contributed by atoms with Crippen LogP contribution in [0, 0.1) is 13.8 Å². The number of halogens is 2. The zero-order valence-corrected chi connectivity index (χ0v) is 18.7. The van der Waals surface area contributed by atoms with Crippen molar-refractivity contribution in [3.63, 3.8) is 0 Å². The molecule has 0 fully saturated rings. The second kappa shape index (κ2) is 8.58. The summed E-state index contributed by atoms with van der Waals surface area (Å²) in [5.74, 6) is 1.34. The van der Waals surface area contributed by atoms with Gasteiger partial charge in [-0.3, -0.25) is 4.98 Å². The Bertz CT molecular complexity index is 1390. The van der Waals surface area contributed by atoms with E-state index in [1.165, 1.54) is 11.3 Å². The van der Waals surface area contributed by atoms with Crippen molar-refractivity contribution in [2.75, 3.05) is 0 Å². The van der Waals surface area contributed by atoms with Gasteiger partial charge < -0.3 is 9.30 Å². The first kappa shape index (κ1) is 21.2. The lowest BCUT2D eigenvalue weighted by atomic mass is 10.1. The van der Waals surface area contributed by atoms with E-state index >= 15 is 0 Å². The maximum Gasteiger partial charge on any atom is 0.244 e. The molecule has 0 atom stereocenters. The molecule has 0 spiro atoms. The predicted octanol–water partition coefficient (Wildman–Crippen LogP) is 7.12. The number of ether oxygens (including phenoxy) is 1. The fraction of sp³-hybridized carbons (Fsp3) is 0.120. The van der Waals surface area contributed by atoms with Crippen LogP contribution in [0.15, 0.2) is 73.2 Å². The van der Waals surface area contributed by atoms with Crippen LogP contribution >= 0.6 is 24.0 Å². The average molecular weight is 450 g/mol. The summed E-state index contributed by atoms with van der Waals surface area (Å²) in [5.41, 5.74) is 4.42. The molecule has 0 N–H and O–H groups in total. The molecule has 2 aromatic carbocycles. The molecule has 4 nitrogen and oxygen atoms in total. The third-order valence-corrected chi connectivity index (χ3v) is 6.01. The van der Waals surface area contributed by atoms with Gasteiger partial charge in [0.25, 0.3) is 0 Å². The van der Waals surface area contributed by atoms with E-state index < -0.39 is 0 Å². The Hall–Kier alpha value is -3.08. The van der Waals surface area contributed by atoms with Crippen molar-refractivity contribution in [3.8, 4) is 11.6 Å². The molecule has 5 rings (SSSR count). The van der Waals surface area contributed by atoms with Crippen molar-refractivity contribution >= 4 is 45.7 Å². The number of aromatic nitrogens is 3. The molecule has 0 saturated carbocycles. The lowest BCUT2D eigenvalue weighted by Crippen LogP contribution is -2.04. The molecule has 0 amide bonds. The molecule has 0 unspecified atom stereocenters. The van der Waals surface area contributed by atoms with Gasteiger partial charge in [-0.15, -0.1) is 12.4 Å². The van der Waals surface area contributed by atoms with Crippen LogP contribution in [0.1, 0.15) is 16.8 Å². The van der Waals surface area contributed by atoms with E-state index in [2.05, 4.69) is 34.4 Å². The van der Waals surface area contributed by atoms with Gasteiger partial charge in [-0.1, -0.05) is 41.9 Å². The SMILES string of the molecule is Cc1c(C)n(Cc2ccccc2Cl)c2c(Oc3cccc4cnccc34)nccc12.Cl. The van der Waals surface area contributed by atoms with Crippen molar-refractivity contribution in [1.82, 2.24) is 14.5 Å². The lowest BCUT2D eigenvalue weighted by Gasteiger charge is -2.13. The summed E-state index contributed by atoms with van der Waals surface area (Å²) in [6, 6.07) is 17.9. The second-order valence-electron chi connectivity index (χ2n) is 7.36. The molecule has 0 bridgehead atoms. The minimum atomic E-state index is 0. The highest BCUT2D eigenvalue weighted by Gasteiger charge is 2.18. The maximum absolute atomic E-state index is 6.45. The minimum absolute atomic E-state index is 0. The van der Waals surface area contributed by atoms with Crippen LogP contribution in [0.4, 0.5) is 0 Å². The van der Waals surface area contributed by atoms with E-state index in [0.29, 0.717) is 12.4 Å². The van der Waals surface area contributed by atoms with Gasteiger partial charge in [-0.2, -0.15) is 0 Å². The molecule has 5 aromatic rings. The van der Waals surface area contributed by atoms with E-state index in [4.69, 9.17) is 16.3 Å². The topological polar surface area (TPSA) is 39.9 Å². The number of aryl methyl sites for hydroxylation is 1. The van der Waals surface area contributed by atoms with Crippen LogP contribution in [0.3, 0.4) is 0 Å². The molecule has 0 aliphatic carbocycles. The number of rotatable bonds is 4. The molecule has 0 aliphatic rings. The van der Waals surface area contributed by atoms with Gasteiger partial charge in [-0.25, -0.2) is 4.98 Å². The van der Waals surface area contributed by atoms with Crippen molar-refractivity contribution < 1.29 is 4.74 Å². The average Bonchev–Trinajstić information content (AvgIpc) is 3.01. The first-order valence-electron chi connectivity index (χ1n) is 9.82. The highest BCUT2D eigenvalue weighted by molar-refractivity contribution is 6.31. The Labute approximate surface area is 191 Å². The maximum atomic E-state index is 6.45. The number of nitrogens with zero attached hydrogens (tertiary/aromatic N) is 3. The Morgan fingerprint density at radius 2 is 1.74 bits per heavy atom. The van der Waals surface area contributed by atoms with Gasteiger partial charge in [0, 0.05) is 52.0 Å². The quantitative estimate of drug-likeness (QED) is 0.293. The van der Waals surface area contributed by atoms with Crippen LogP contribution < -0.4 is 4.74 Å². The van der Waals surface area contributed by atoms with E-state index in [0.717, 1.165) is 38.0 Å². The zero-order chi connectivity index (χ0) is 20.7. The Balaban J connectivity index is 0.00000231. The van der Waals surface area contributed by atoms with E-state index in [9.17, 15) is 0 Å². The summed E-state index contributed by atoms with van der Waals surface area (Å²) in [6.45, 7) is 4.91. The van der Waals surface area contributed by atoms with Crippen LogP contribution in [-0.2, 0) is 6.54 Å². The summed E-state index contributed by atoms with van der Waals surface area (Å²) >= 11 is 6.45. The third kappa shape index (κ3) is 3.73. The molecule has 0 radical (unpaired) electrons. The summed E-state index contributed by atoms with van der Waals surface area (Å²) in [7, 11) is 0. The number of fused-ring (bicyclic) bond motifs is 2. The molecule has 0 saturated heterocycles. The predicted molar refractivity (Wildman–Crippen MR) is 129 cm³/mol. The Morgan fingerprint density at radius 1 is 0.935 bits per heavy atom. The summed E-state index contributed by atoms with van der Waals surface area (Å²) in [5, 5.41) is 3.92. The van der Waals surface area contributed by atoms with Gasteiger partial charge in [0.1, 0.15) is 11.3 Å². The first-order valence-corrected chi connectivity index (χ1v) is 10.2. The molecular formula is C25H21Cl2N3O. The molecule has 156 valence electrons. The second-order valence-corrected chi connectivity index (χ2v) is 7.76. The largest absolute Gasteiger partial charge is 0.436 e. The number of hydrogen-bond acceptors (Lipinski definition) is 3. The fourth-order valence-electron chi connectivity index (χ4n) is 3.92. The monoisotopic (exact) mass is 449 g/mol. The Morgan fingerprint density at radius 3 is 2.58 bits per heavy atom. The first-order chi connectivity index (χ1) is 14.6. The van der Waals surface area contributed by atoms with Crippen molar-refractivity contribution in [2.24, 2.45) is 0 Å². The van der Waals surface area contributed by atoms with Gasteiger partial charge in [0.05, 0.1) is 0 Å². The summed E-state index contributed by atoms with van der Waals surface area (Å²) in [4.78, 5) is 8.80. The number of pyridine rings is 2. The van der Waals surface area contributed by atoms with Crippen molar-refractivity contribution in [2.45, 2.75) is 20.4 Å². The van der Waals surface area contributed by atoms with Crippen LogP contribution in [0.2, 0.25) is 5.02 Å². The minimum Gasteiger partial charge on any atom is -0.436 e. The van der Waals surface area contributed by atoms with Gasteiger partial charge in [0.15, 0.2) is 0 Å². The van der Waals surface area contributed by atoms with Gasteiger partial charge >= 0.3 is 0 Å². The van der Waals surface area contributed by atoms with Gasteiger partial charge in [0.2, 0.25) is 5.88 Å². The molecule has 31 heavy (non-hydrogen) atoms. The zero-order valence-electron chi connectivity index (χ0n) is 17.2. The highest BCUT2D eigenvalue weighted by Crippen LogP contribution is 2.36. The number of hydrogen-bond donors (Lipinski definition) is 0. The van der Waals surface area contributed by atoms with Crippen LogP contribution in [0.25, 0.3) is 21.7 Å². The van der Waals surface area contributed by atoms with Gasteiger partial charge in [-0.05, 0) is 49.2 Å². The highest BCUT2D eigenvalue weighted by atomic mass is 35.5. The molecule has 3 aromatic heterocycles. The molecule has 6 heteroatoms. The fourth-order valence-corrected chi connectivity index (χ4v) is 4.11. The smallest absolute Gasteiger partial charge is 0.244 e. The van der Waals surface area contributed by atoms with E-state index in [1.807, 2.05) is 54.7 Å². The summed E-state index contributed by atoms with van der Waals surface area (Å²) in [6.07, 6.45) is 5.42. The summed E-state index contributed by atoms with van der Waals surface area (Å²) < 4.78 is 8.63. The van der Waals surface area contributed by atoms with Crippen LogP contribution in [-0.4, -0.2) is 14.5 Å². The van der Waals surface area contributed by atoms with Crippen LogP contribution in [0.5, 0.6) is 11.6 Å². The molecule has 0 aliphatic heterocycles. The third-order valence-electron chi connectivity index (χ3n) is 5.65. The van der Waals surface area contributed by atoms with Crippen molar-refractivity contribution in [1.29, 1.82) is 0 Å². The number of benzene rings is 2. The molecular weight excluding hydrogens is 429 g/mol. The van der Waals surface area contributed by atoms with E-state index in [1.54, 1.807) is 12.4 Å². The van der Waals surface area contributed by atoms with E-state index in [-0.39, 0.29) is 12.4 Å².